The summed E-state index contributed by atoms with van der Waals surface area (Å²) < 4.78 is 23.8. The predicted octanol–water partition coefficient (Wildman–Crippen LogP) is 5.25. The van der Waals surface area contributed by atoms with Crippen molar-refractivity contribution < 1.29 is 17.7 Å². The Hall–Kier alpha value is -1.29. The lowest BCUT2D eigenvalue weighted by molar-refractivity contribution is 0.167. The van der Waals surface area contributed by atoms with Gasteiger partial charge < -0.3 is 17.7 Å². The van der Waals surface area contributed by atoms with Crippen LogP contribution in [0.25, 0.3) is 0 Å². The van der Waals surface area contributed by atoms with Gasteiger partial charge in [0.15, 0.2) is 0 Å². The molecule has 174 valence electrons. The Bertz CT molecular complexity index is 664. The summed E-state index contributed by atoms with van der Waals surface area (Å²) in [6.07, 6.45) is 0. The van der Waals surface area contributed by atoms with Crippen LogP contribution in [-0.4, -0.2) is 43.5 Å². The Labute approximate surface area is 192 Å². The summed E-state index contributed by atoms with van der Waals surface area (Å²) >= 11 is 0. The van der Waals surface area contributed by atoms with Gasteiger partial charge in [0.25, 0.3) is 0 Å². The summed E-state index contributed by atoms with van der Waals surface area (Å²) in [4.78, 5) is 0. The van der Waals surface area contributed by atoms with E-state index in [1.165, 1.54) is 0 Å². The van der Waals surface area contributed by atoms with E-state index < -0.39 is 17.1 Å². The maximum atomic E-state index is 6.16. The van der Waals surface area contributed by atoms with Crippen LogP contribution in [0.1, 0.15) is 48.5 Å². The van der Waals surface area contributed by atoms with Gasteiger partial charge in [-0.05, 0) is 44.6 Å². The van der Waals surface area contributed by atoms with Crippen LogP contribution in [0.15, 0.2) is 60.7 Å². The lowest BCUT2D eigenvalue weighted by Crippen LogP contribution is -2.63. The highest BCUT2D eigenvalue weighted by atomic mass is 28.4. The van der Waals surface area contributed by atoms with Crippen LogP contribution in [0.5, 0.6) is 0 Å². The van der Waals surface area contributed by atoms with Crippen molar-refractivity contribution >= 4 is 27.5 Å². The molecule has 0 unspecified atom stereocenters. The highest BCUT2D eigenvalue weighted by Crippen LogP contribution is 2.37. The smallest absolute Gasteiger partial charge is 0.394 e. The summed E-state index contributed by atoms with van der Waals surface area (Å²) in [6, 6.07) is 20.6. The van der Waals surface area contributed by atoms with E-state index >= 15 is 0 Å². The Morgan fingerprint density at radius 1 is 0.581 bits per heavy atom. The fourth-order valence-electron chi connectivity index (χ4n) is 3.29. The van der Waals surface area contributed by atoms with Gasteiger partial charge in [0, 0.05) is 31.5 Å². The molecule has 2 aromatic rings. The standard InChI is InChI=1S/C16H20O2Si.C9H22O2Si/c1-3-17-19(18-4-2,15-11-7-5-8-12-15)16-13-9-6-10-14-16;1-7-10-12(6,11-8-2)9(3,4)5/h5-14H,3-4H2,1-2H3;7-8H2,1-6H3. The van der Waals surface area contributed by atoms with E-state index in [2.05, 4.69) is 51.6 Å². The van der Waals surface area contributed by atoms with Crippen molar-refractivity contribution in [2.45, 2.75) is 60.1 Å². The highest BCUT2D eigenvalue weighted by Gasteiger charge is 2.44. The van der Waals surface area contributed by atoms with Gasteiger partial charge in [-0.3, -0.25) is 0 Å². The van der Waals surface area contributed by atoms with Gasteiger partial charge in [0.1, 0.15) is 0 Å². The summed E-state index contributed by atoms with van der Waals surface area (Å²) in [6.45, 7) is 19.6. The normalized spacial score (nSPS) is 12.3. The van der Waals surface area contributed by atoms with Crippen LogP contribution in [0.2, 0.25) is 11.6 Å². The van der Waals surface area contributed by atoms with Crippen LogP contribution in [0.3, 0.4) is 0 Å². The maximum Gasteiger partial charge on any atom is 0.407 e. The molecular weight excluding hydrogens is 420 g/mol. The Balaban J connectivity index is 0.000000348. The molecule has 0 amide bonds. The van der Waals surface area contributed by atoms with E-state index in [0.29, 0.717) is 13.2 Å². The molecule has 0 aliphatic heterocycles. The molecular formula is C25H42O4Si2. The third-order valence-corrected chi connectivity index (χ3v) is 13.2. The van der Waals surface area contributed by atoms with Crippen molar-refractivity contribution in [1.82, 2.24) is 0 Å². The fourth-order valence-corrected chi connectivity index (χ4v) is 8.50. The molecule has 2 aromatic carbocycles. The van der Waals surface area contributed by atoms with Gasteiger partial charge in [-0.1, -0.05) is 81.4 Å². The molecule has 2 rings (SSSR count). The monoisotopic (exact) mass is 462 g/mol. The van der Waals surface area contributed by atoms with Crippen molar-refractivity contribution in [3.63, 3.8) is 0 Å². The largest absolute Gasteiger partial charge is 0.407 e. The SMILES string of the molecule is CCO[Si](C)(OCC)C(C)(C)C.CCO[Si](OCC)(c1ccccc1)c1ccccc1. The first-order chi connectivity index (χ1) is 14.7. The first-order valence-corrected chi connectivity index (χ1v) is 15.5. The molecule has 0 atom stereocenters. The van der Waals surface area contributed by atoms with E-state index in [1.807, 2.05) is 64.1 Å². The topological polar surface area (TPSA) is 36.9 Å². The number of hydrogen-bond acceptors (Lipinski definition) is 4. The zero-order chi connectivity index (χ0) is 23.4. The van der Waals surface area contributed by atoms with Gasteiger partial charge in [-0.2, -0.15) is 0 Å². The van der Waals surface area contributed by atoms with Gasteiger partial charge in [-0.25, -0.2) is 0 Å². The van der Waals surface area contributed by atoms with E-state index in [-0.39, 0.29) is 5.04 Å². The molecule has 0 aliphatic rings. The second-order valence-corrected chi connectivity index (χ2v) is 15.2. The van der Waals surface area contributed by atoms with Gasteiger partial charge in [0.2, 0.25) is 0 Å². The Kier molecular flexibility index (Phi) is 11.9. The van der Waals surface area contributed by atoms with Crippen molar-refractivity contribution in [2.24, 2.45) is 0 Å². The first kappa shape index (κ1) is 27.7. The minimum absolute atomic E-state index is 0.152. The molecule has 0 N–H and O–H groups in total. The quantitative estimate of drug-likeness (QED) is 0.452. The van der Waals surface area contributed by atoms with Gasteiger partial charge in [0.05, 0.1) is 0 Å². The maximum absolute atomic E-state index is 6.16. The second-order valence-electron chi connectivity index (χ2n) is 8.28. The zero-order valence-electron chi connectivity index (χ0n) is 20.7. The third kappa shape index (κ3) is 7.66. The molecule has 6 heteroatoms. The van der Waals surface area contributed by atoms with Crippen molar-refractivity contribution in [2.75, 3.05) is 26.4 Å². The van der Waals surface area contributed by atoms with Crippen molar-refractivity contribution in [3.05, 3.63) is 60.7 Å². The first-order valence-electron chi connectivity index (χ1n) is 11.4. The minimum atomic E-state index is -2.55. The third-order valence-electron chi connectivity index (χ3n) is 5.20. The van der Waals surface area contributed by atoms with Crippen LogP contribution >= 0.6 is 0 Å². The zero-order valence-corrected chi connectivity index (χ0v) is 22.7. The average Bonchev–Trinajstić information content (AvgIpc) is 2.75. The molecule has 0 aliphatic carbocycles. The van der Waals surface area contributed by atoms with Gasteiger partial charge in [-0.15, -0.1) is 0 Å². The molecule has 0 fully saturated rings. The van der Waals surface area contributed by atoms with Crippen LogP contribution < -0.4 is 10.4 Å². The Morgan fingerprint density at radius 2 is 0.903 bits per heavy atom. The molecule has 0 heterocycles. The molecule has 0 aromatic heterocycles. The second kappa shape index (κ2) is 13.3. The average molecular weight is 463 g/mol. The van der Waals surface area contributed by atoms with Crippen LogP contribution in [0, 0.1) is 0 Å². The predicted molar refractivity (Wildman–Crippen MR) is 136 cm³/mol. The van der Waals surface area contributed by atoms with Gasteiger partial charge >= 0.3 is 17.1 Å². The summed E-state index contributed by atoms with van der Waals surface area (Å²) in [5, 5.41) is 2.47. The van der Waals surface area contributed by atoms with Crippen molar-refractivity contribution in [3.8, 4) is 0 Å². The Morgan fingerprint density at radius 3 is 1.16 bits per heavy atom. The number of rotatable bonds is 10. The highest BCUT2D eigenvalue weighted by molar-refractivity contribution is 6.92. The molecule has 0 bridgehead atoms. The molecule has 4 nitrogen and oxygen atoms in total. The summed E-state index contributed by atoms with van der Waals surface area (Å²) in [5.74, 6) is 0. The van der Waals surface area contributed by atoms with E-state index in [0.717, 1.165) is 23.6 Å². The van der Waals surface area contributed by atoms with Crippen LogP contribution in [-0.2, 0) is 17.7 Å². The number of benzene rings is 2. The summed E-state index contributed by atoms with van der Waals surface area (Å²) in [5.41, 5.74) is 0. The minimum Gasteiger partial charge on any atom is -0.394 e. The van der Waals surface area contributed by atoms with Crippen LogP contribution in [0.4, 0.5) is 0 Å². The fraction of sp³-hybridized carbons (Fsp3) is 0.520. The van der Waals surface area contributed by atoms with E-state index in [9.17, 15) is 0 Å². The van der Waals surface area contributed by atoms with Crippen molar-refractivity contribution in [1.29, 1.82) is 0 Å². The lowest BCUT2D eigenvalue weighted by atomic mass is 10.3. The van der Waals surface area contributed by atoms with E-state index in [1.54, 1.807) is 0 Å². The number of hydrogen-bond donors (Lipinski definition) is 0. The molecule has 31 heavy (non-hydrogen) atoms. The molecule has 0 spiro atoms. The van der Waals surface area contributed by atoms with E-state index in [4.69, 9.17) is 17.7 Å². The lowest BCUT2D eigenvalue weighted by Gasteiger charge is -2.37. The summed E-state index contributed by atoms with van der Waals surface area (Å²) in [7, 11) is -4.50. The molecule has 0 saturated heterocycles. The molecule has 0 radical (unpaired) electrons. The molecule has 0 saturated carbocycles.